The van der Waals surface area contributed by atoms with Crippen LogP contribution in [0.5, 0.6) is 0 Å². The molecule has 0 aliphatic carbocycles. The Kier molecular flexibility index (Phi) is 4.63. The highest BCUT2D eigenvalue weighted by Gasteiger charge is 2.18. The molecule has 3 aromatic heterocycles. The summed E-state index contributed by atoms with van der Waals surface area (Å²) in [5.41, 5.74) is 4.51. The van der Waals surface area contributed by atoms with Gasteiger partial charge in [0.15, 0.2) is 0 Å². The van der Waals surface area contributed by atoms with Crippen molar-refractivity contribution in [2.75, 3.05) is 19.0 Å². The minimum atomic E-state index is -0.290. The number of benzene rings is 1. The van der Waals surface area contributed by atoms with Crippen molar-refractivity contribution < 1.29 is 9.53 Å². The van der Waals surface area contributed by atoms with Crippen LogP contribution in [0.4, 0.5) is 5.82 Å². The number of fused-ring (bicyclic) bond motifs is 3. The second-order valence-electron chi connectivity index (χ2n) is 6.97. The van der Waals surface area contributed by atoms with Gasteiger partial charge in [-0.2, -0.15) is 0 Å². The molecule has 0 aliphatic rings. The summed E-state index contributed by atoms with van der Waals surface area (Å²) in [6.07, 6.45) is 1.72. The predicted molar refractivity (Wildman–Crippen MR) is 112 cm³/mol. The summed E-state index contributed by atoms with van der Waals surface area (Å²) >= 11 is 0. The highest BCUT2D eigenvalue weighted by atomic mass is 16.5. The Bertz CT molecular complexity index is 1320. The van der Waals surface area contributed by atoms with Crippen LogP contribution >= 0.6 is 0 Å². The summed E-state index contributed by atoms with van der Waals surface area (Å²) in [6, 6.07) is 9.44. The molecule has 0 radical (unpaired) electrons. The number of nitrogens with zero attached hydrogens (tertiary/aromatic N) is 4. The third kappa shape index (κ3) is 3.17. The molecule has 0 fully saturated rings. The van der Waals surface area contributed by atoms with E-state index in [0.717, 1.165) is 27.5 Å². The van der Waals surface area contributed by atoms with Gasteiger partial charge in [0.1, 0.15) is 12.4 Å². The first kappa shape index (κ1) is 18.8. The quantitative estimate of drug-likeness (QED) is 0.577. The van der Waals surface area contributed by atoms with E-state index in [1.807, 2.05) is 25.1 Å². The monoisotopic (exact) mass is 391 g/mol. The van der Waals surface area contributed by atoms with E-state index in [1.165, 1.54) is 7.11 Å². The number of hydrogen-bond acceptors (Lipinski definition) is 5. The second-order valence-corrected chi connectivity index (χ2v) is 6.97. The molecular formula is C21H21N5O3. The van der Waals surface area contributed by atoms with Crippen molar-refractivity contribution in [1.82, 2.24) is 19.1 Å². The number of amides is 1. The average Bonchev–Trinajstić information content (AvgIpc) is 2.93. The molecule has 0 saturated heterocycles. The van der Waals surface area contributed by atoms with Gasteiger partial charge < -0.3 is 10.1 Å². The Morgan fingerprint density at radius 3 is 2.72 bits per heavy atom. The Morgan fingerprint density at radius 1 is 1.21 bits per heavy atom. The molecule has 8 heteroatoms. The number of pyridine rings is 2. The normalized spacial score (nSPS) is 11.3. The minimum Gasteiger partial charge on any atom is -0.375 e. The van der Waals surface area contributed by atoms with Crippen molar-refractivity contribution in [3.63, 3.8) is 0 Å². The third-order valence-electron chi connectivity index (χ3n) is 4.88. The lowest BCUT2D eigenvalue weighted by Crippen LogP contribution is -2.22. The zero-order valence-corrected chi connectivity index (χ0v) is 16.7. The van der Waals surface area contributed by atoms with E-state index in [1.54, 1.807) is 41.4 Å². The highest BCUT2D eigenvalue weighted by molar-refractivity contribution is 6.03. The standard InChI is InChI=1S/C21H21N5O3/c1-12-5-6-15-14(9-12)20-17(10-22-15)25(3)21(28)26(20)16-7-8-18(23-13(16)2)24-19(27)11-29-4/h5-10H,11H2,1-4H3,(H,23,24,27). The molecule has 8 nitrogen and oxygen atoms in total. The molecule has 148 valence electrons. The van der Waals surface area contributed by atoms with Crippen LogP contribution in [0.25, 0.3) is 27.6 Å². The lowest BCUT2D eigenvalue weighted by atomic mass is 10.1. The summed E-state index contributed by atoms with van der Waals surface area (Å²) < 4.78 is 8.06. The molecule has 0 unspecified atom stereocenters. The van der Waals surface area contributed by atoms with Crippen molar-refractivity contribution in [3.8, 4) is 5.69 Å². The Balaban J connectivity index is 1.94. The van der Waals surface area contributed by atoms with E-state index in [-0.39, 0.29) is 18.2 Å². The molecular weight excluding hydrogens is 370 g/mol. The van der Waals surface area contributed by atoms with Crippen LogP contribution in [0.3, 0.4) is 0 Å². The largest absolute Gasteiger partial charge is 0.375 e. The Hall–Kier alpha value is -3.52. The first-order valence-corrected chi connectivity index (χ1v) is 9.14. The first-order valence-electron chi connectivity index (χ1n) is 9.14. The van der Waals surface area contributed by atoms with Crippen LogP contribution in [0.15, 0.2) is 41.3 Å². The van der Waals surface area contributed by atoms with Crippen LogP contribution in [0, 0.1) is 13.8 Å². The van der Waals surface area contributed by atoms with E-state index in [4.69, 9.17) is 4.74 Å². The highest BCUT2D eigenvalue weighted by Crippen LogP contribution is 2.27. The van der Waals surface area contributed by atoms with Gasteiger partial charge in [0, 0.05) is 19.5 Å². The molecule has 3 heterocycles. The molecule has 0 atom stereocenters. The van der Waals surface area contributed by atoms with E-state index >= 15 is 0 Å². The summed E-state index contributed by atoms with van der Waals surface area (Å²) in [5.74, 6) is 0.117. The van der Waals surface area contributed by atoms with Crippen molar-refractivity contribution in [3.05, 3.63) is 58.3 Å². The van der Waals surface area contributed by atoms with Crippen molar-refractivity contribution >= 4 is 33.7 Å². The van der Waals surface area contributed by atoms with Gasteiger partial charge in [-0.1, -0.05) is 11.6 Å². The van der Waals surface area contributed by atoms with Gasteiger partial charge in [-0.05, 0) is 38.1 Å². The molecule has 4 aromatic rings. The SMILES string of the molecule is COCC(=O)Nc1ccc(-n2c(=O)n(C)c3cnc4ccc(C)cc4c32)c(C)n1. The van der Waals surface area contributed by atoms with Gasteiger partial charge in [-0.25, -0.2) is 9.78 Å². The molecule has 0 aliphatic heterocycles. The zero-order valence-electron chi connectivity index (χ0n) is 16.7. The number of anilines is 1. The van der Waals surface area contributed by atoms with E-state index < -0.39 is 0 Å². The number of nitrogens with one attached hydrogen (secondary N) is 1. The topological polar surface area (TPSA) is 91.0 Å². The predicted octanol–water partition coefficient (Wildman–Crippen LogP) is 2.47. The Labute approximate surface area is 166 Å². The van der Waals surface area contributed by atoms with Crippen LogP contribution < -0.4 is 11.0 Å². The van der Waals surface area contributed by atoms with Gasteiger partial charge >= 0.3 is 5.69 Å². The van der Waals surface area contributed by atoms with Crippen LogP contribution in [0.2, 0.25) is 0 Å². The van der Waals surface area contributed by atoms with E-state index in [0.29, 0.717) is 17.2 Å². The molecule has 0 bridgehead atoms. The summed E-state index contributed by atoms with van der Waals surface area (Å²) in [7, 11) is 3.18. The fourth-order valence-corrected chi connectivity index (χ4v) is 3.50. The van der Waals surface area contributed by atoms with Crippen LogP contribution in [-0.2, 0) is 16.6 Å². The molecule has 4 rings (SSSR count). The van der Waals surface area contributed by atoms with E-state index in [9.17, 15) is 9.59 Å². The van der Waals surface area contributed by atoms with Crippen molar-refractivity contribution in [2.45, 2.75) is 13.8 Å². The fourth-order valence-electron chi connectivity index (χ4n) is 3.50. The number of rotatable bonds is 4. The van der Waals surface area contributed by atoms with Crippen LogP contribution in [-0.4, -0.2) is 38.7 Å². The van der Waals surface area contributed by atoms with Gasteiger partial charge in [0.2, 0.25) is 0 Å². The number of imidazole rings is 1. The maximum Gasteiger partial charge on any atom is 0.333 e. The van der Waals surface area contributed by atoms with Crippen LogP contribution in [0.1, 0.15) is 11.3 Å². The number of hydrogen-bond donors (Lipinski definition) is 1. The number of methoxy groups -OCH3 is 1. The molecule has 0 spiro atoms. The van der Waals surface area contributed by atoms with Gasteiger partial charge in [-0.3, -0.25) is 18.9 Å². The number of aryl methyl sites for hydroxylation is 3. The lowest BCUT2D eigenvalue weighted by molar-refractivity contribution is -0.119. The summed E-state index contributed by atoms with van der Waals surface area (Å²) in [4.78, 5) is 33.8. The minimum absolute atomic E-state index is 0.0520. The maximum atomic E-state index is 13.1. The van der Waals surface area contributed by atoms with Gasteiger partial charge in [0.05, 0.1) is 34.1 Å². The summed E-state index contributed by atoms with van der Waals surface area (Å²) in [5, 5.41) is 3.58. The van der Waals surface area contributed by atoms with Crippen molar-refractivity contribution in [1.29, 1.82) is 0 Å². The molecule has 1 N–H and O–H groups in total. The molecule has 29 heavy (non-hydrogen) atoms. The molecule has 1 amide bonds. The number of ether oxygens (including phenoxy) is 1. The molecule has 0 saturated carbocycles. The first-order chi connectivity index (χ1) is 13.9. The number of carbonyl (C=O) groups is 1. The number of aromatic nitrogens is 4. The second kappa shape index (κ2) is 7.14. The summed E-state index contributed by atoms with van der Waals surface area (Å²) in [6.45, 7) is 3.76. The fraction of sp³-hybridized carbons (Fsp3) is 0.238. The van der Waals surface area contributed by atoms with Gasteiger partial charge in [0.25, 0.3) is 5.91 Å². The van der Waals surface area contributed by atoms with Gasteiger partial charge in [-0.15, -0.1) is 0 Å². The maximum absolute atomic E-state index is 13.1. The zero-order chi connectivity index (χ0) is 20.7. The van der Waals surface area contributed by atoms with E-state index in [2.05, 4.69) is 15.3 Å². The average molecular weight is 391 g/mol. The molecule has 1 aromatic carbocycles. The lowest BCUT2D eigenvalue weighted by Gasteiger charge is -2.11. The third-order valence-corrected chi connectivity index (χ3v) is 4.88. The Morgan fingerprint density at radius 2 is 2.00 bits per heavy atom. The number of carbonyl (C=O) groups excluding carboxylic acids is 1. The van der Waals surface area contributed by atoms with Crippen molar-refractivity contribution in [2.24, 2.45) is 7.05 Å². The smallest absolute Gasteiger partial charge is 0.333 e.